The topological polar surface area (TPSA) is 29.0 Å². The third-order valence-corrected chi connectivity index (χ3v) is 4.72. The van der Waals surface area contributed by atoms with Crippen LogP contribution >= 0.6 is 38.6 Å². The maximum Gasteiger partial charge on any atom is 0.209 e. The molecular weight excluding hydrogens is 294 g/mol. The molecule has 0 amide bonds. The van der Waals surface area contributed by atoms with E-state index in [0.717, 1.165) is 9.05 Å². The average Bonchev–Trinajstić information content (AvgIpc) is 2.85. The van der Waals surface area contributed by atoms with Crippen LogP contribution in [-0.2, 0) is 0 Å². The molecule has 1 atom stereocenters. The molecule has 0 aromatic carbocycles. The normalized spacial score (nSPS) is 12.7. The fourth-order valence-electron chi connectivity index (χ4n) is 1.23. The summed E-state index contributed by atoms with van der Waals surface area (Å²) in [5.41, 5.74) is 0. The predicted molar refractivity (Wildman–Crippen MR) is 68.7 cm³/mol. The van der Waals surface area contributed by atoms with Crippen molar-refractivity contribution in [2.45, 2.75) is 13.0 Å². The van der Waals surface area contributed by atoms with Crippen LogP contribution in [0.15, 0.2) is 21.4 Å². The molecule has 2 aromatic rings. The molecule has 2 rings (SSSR count). The monoisotopic (exact) mass is 303 g/mol. The van der Waals surface area contributed by atoms with Crippen LogP contribution in [0.25, 0.3) is 0 Å². The molecular formula is C9H10BrN3S2. The summed E-state index contributed by atoms with van der Waals surface area (Å²) in [6, 6.07) is 4.55. The van der Waals surface area contributed by atoms with Crippen LogP contribution in [0.1, 0.15) is 17.8 Å². The number of anilines is 1. The summed E-state index contributed by atoms with van der Waals surface area (Å²) in [5, 5.41) is 11.1. The van der Waals surface area contributed by atoms with Crippen LogP contribution in [0.5, 0.6) is 0 Å². The van der Waals surface area contributed by atoms with E-state index in [1.807, 2.05) is 7.05 Å². The molecule has 80 valence electrons. The Morgan fingerprint density at radius 3 is 2.80 bits per heavy atom. The van der Waals surface area contributed by atoms with Gasteiger partial charge in [0.25, 0.3) is 0 Å². The van der Waals surface area contributed by atoms with E-state index in [-0.39, 0.29) is 0 Å². The molecule has 0 radical (unpaired) electrons. The lowest BCUT2D eigenvalue weighted by Crippen LogP contribution is -2.20. The molecule has 0 saturated heterocycles. The lowest BCUT2D eigenvalue weighted by atomic mass is 10.2. The second kappa shape index (κ2) is 4.59. The fourth-order valence-corrected chi connectivity index (χ4v) is 3.18. The minimum Gasteiger partial charge on any atom is -0.342 e. The van der Waals surface area contributed by atoms with Gasteiger partial charge in [-0.05, 0) is 34.3 Å². The highest BCUT2D eigenvalue weighted by Gasteiger charge is 2.16. The van der Waals surface area contributed by atoms with Crippen molar-refractivity contribution in [2.75, 3.05) is 11.9 Å². The zero-order chi connectivity index (χ0) is 10.8. The molecule has 0 spiro atoms. The average molecular weight is 304 g/mol. The van der Waals surface area contributed by atoms with Crippen molar-refractivity contribution in [2.24, 2.45) is 0 Å². The quantitative estimate of drug-likeness (QED) is 0.868. The van der Waals surface area contributed by atoms with Crippen molar-refractivity contribution in [1.29, 1.82) is 0 Å². The third kappa shape index (κ3) is 2.38. The highest BCUT2D eigenvalue weighted by Crippen LogP contribution is 2.31. The number of hydrogen-bond acceptors (Lipinski definition) is 5. The summed E-state index contributed by atoms with van der Waals surface area (Å²) in [6.45, 7) is 2.17. The maximum atomic E-state index is 4.10. The molecule has 0 saturated carbocycles. The Morgan fingerprint density at radius 2 is 2.27 bits per heavy atom. The van der Waals surface area contributed by atoms with E-state index in [0.29, 0.717) is 6.04 Å². The van der Waals surface area contributed by atoms with Crippen LogP contribution in [0.4, 0.5) is 5.13 Å². The maximum absolute atomic E-state index is 4.10. The van der Waals surface area contributed by atoms with Crippen molar-refractivity contribution in [3.05, 3.63) is 26.3 Å². The summed E-state index contributed by atoms with van der Waals surface area (Å²) in [4.78, 5) is 3.47. The molecule has 3 nitrogen and oxygen atoms in total. The van der Waals surface area contributed by atoms with Crippen molar-refractivity contribution < 1.29 is 0 Å². The second-order valence-corrected chi connectivity index (χ2v) is 6.35. The van der Waals surface area contributed by atoms with Gasteiger partial charge >= 0.3 is 0 Å². The van der Waals surface area contributed by atoms with Gasteiger partial charge in [-0.3, -0.25) is 0 Å². The van der Waals surface area contributed by atoms with Crippen LogP contribution in [0, 0.1) is 0 Å². The van der Waals surface area contributed by atoms with Gasteiger partial charge in [-0.25, -0.2) is 0 Å². The van der Waals surface area contributed by atoms with Gasteiger partial charge in [-0.15, -0.1) is 21.5 Å². The summed E-state index contributed by atoms with van der Waals surface area (Å²) in [5.74, 6) is 0. The van der Waals surface area contributed by atoms with Gasteiger partial charge in [0, 0.05) is 11.9 Å². The number of rotatable bonds is 3. The van der Waals surface area contributed by atoms with Gasteiger partial charge in [0.15, 0.2) is 3.92 Å². The molecule has 1 unspecified atom stereocenters. The Labute approximate surface area is 105 Å². The predicted octanol–water partition coefficient (Wildman–Crippen LogP) is 3.56. The minimum atomic E-state index is 0.338. The number of halogens is 1. The number of hydrogen-bond donors (Lipinski definition) is 0. The van der Waals surface area contributed by atoms with Gasteiger partial charge in [0.2, 0.25) is 5.13 Å². The number of nitrogens with zero attached hydrogens (tertiary/aromatic N) is 3. The number of thiophene rings is 1. The SMILES string of the molecule is CC(c1cccs1)N(C)c1nnc(Br)s1. The van der Waals surface area contributed by atoms with E-state index in [9.17, 15) is 0 Å². The van der Waals surface area contributed by atoms with E-state index >= 15 is 0 Å². The van der Waals surface area contributed by atoms with Crippen LogP contribution in [-0.4, -0.2) is 17.2 Å². The van der Waals surface area contributed by atoms with E-state index in [2.05, 4.69) is 55.5 Å². The Hall–Kier alpha value is -0.460. The van der Waals surface area contributed by atoms with Crippen LogP contribution in [0.2, 0.25) is 0 Å². The smallest absolute Gasteiger partial charge is 0.209 e. The Morgan fingerprint density at radius 1 is 1.47 bits per heavy atom. The molecule has 0 aliphatic carbocycles. The molecule has 6 heteroatoms. The van der Waals surface area contributed by atoms with E-state index in [1.165, 1.54) is 4.88 Å². The summed E-state index contributed by atoms with van der Waals surface area (Å²) >= 11 is 6.63. The molecule has 2 heterocycles. The first kappa shape index (κ1) is 11.0. The Kier molecular flexibility index (Phi) is 3.38. The lowest BCUT2D eigenvalue weighted by Gasteiger charge is -2.22. The highest BCUT2D eigenvalue weighted by atomic mass is 79.9. The van der Waals surface area contributed by atoms with Crippen molar-refractivity contribution in [3.8, 4) is 0 Å². The molecule has 0 aliphatic rings. The van der Waals surface area contributed by atoms with E-state index in [1.54, 1.807) is 22.7 Å². The first-order valence-corrected chi connectivity index (χ1v) is 6.92. The van der Waals surface area contributed by atoms with Crippen LogP contribution in [0.3, 0.4) is 0 Å². The van der Waals surface area contributed by atoms with Crippen LogP contribution < -0.4 is 4.90 Å². The van der Waals surface area contributed by atoms with Crippen molar-refractivity contribution in [3.63, 3.8) is 0 Å². The van der Waals surface area contributed by atoms with Gasteiger partial charge in [-0.1, -0.05) is 17.4 Å². The molecule has 15 heavy (non-hydrogen) atoms. The number of aromatic nitrogens is 2. The molecule has 2 aromatic heterocycles. The second-order valence-electron chi connectivity index (χ2n) is 3.14. The first-order valence-electron chi connectivity index (χ1n) is 4.43. The van der Waals surface area contributed by atoms with Gasteiger partial charge < -0.3 is 4.90 Å². The van der Waals surface area contributed by atoms with Crippen molar-refractivity contribution in [1.82, 2.24) is 10.2 Å². The van der Waals surface area contributed by atoms with E-state index in [4.69, 9.17) is 0 Å². The lowest BCUT2D eigenvalue weighted by molar-refractivity contribution is 0.744. The van der Waals surface area contributed by atoms with Crippen molar-refractivity contribution >= 4 is 43.7 Å². The van der Waals surface area contributed by atoms with Gasteiger partial charge in [-0.2, -0.15) is 0 Å². The minimum absolute atomic E-state index is 0.338. The molecule has 0 bridgehead atoms. The summed E-state index contributed by atoms with van der Waals surface area (Å²) in [7, 11) is 2.04. The fraction of sp³-hybridized carbons (Fsp3) is 0.333. The largest absolute Gasteiger partial charge is 0.342 e. The zero-order valence-corrected chi connectivity index (χ0v) is 11.6. The summed E-state index contributed by atoms with van der Waals surface area (Å²) < 4.78 is 0.822. The first-order chi connectivity index (χ1) is 7.18. The molecule has 0 aliphatic heterocycles. The summed E-state index contributed by atoms with van der Waals surface area (Å²) in [6.07, 6.45) is 0. The zero-order valence-electron chi connectivity index (χ0n) is 8.35. The van der Waals surface area contributed by atoms with Gasteiger partial charge in [0.1, 0.15) is 0 Å². The van der Waals surface area contributed by atoms with Gasteiger partial charge in [0.05, 0.1) is 6.04 Å². The Bertz CT molecular complexity index is 426. The Balaban J connectivity index is 2.18. The standard InChI is InChI=1S/C9H10BrN3S2/c1-6(7-4-3-5-14-7)13(2)9-12-11-8(10)15-9/h3-6H,1-2H3. The van der Waals surface area contributed by atoms with E-state index < -0.39 is 0 Å². The third-order valence-electron chi connectivity index (χ3n) is 2.23. The highest BCUT2D eigenvalue weighted by molar-refractivity contribution is 9.11. The molecule has 0 N–H and O–H groups in total. The molecule has 0 fully saturated rings.